The number of fused-ring (bicyclic) bond motifs is 1. The van der Waals surface area contributed by atoms with Crippen LogP contribution in [0.3, 0.4) is 0 Å². The van der Waals surface area contributed by atoms with Crippen LogP contribution in [0.5, 0.6) is 0 Å². The topological polar surface area (TPSA) is 3.24 Å². The molecule has 1 atom stereocenters. The SMILES string of the molecule is CC=[C]C(C1=Cc2ccccc2C1)(C1C=CC=C1)N(CC)CC.[Ti]. The monoisotopic (exact) mass is 352 g/mol. The molecule has 24 heavy (non-hydrogen) atoms. The first-order valence-electron chi connectivity index (χ1n) is 8.70. The van der Waals surface area contributed by atoms with E-state index in [4.69, 9.17) is 0 Å². The zero-order chi connectivity index (χ0) is 16.3. The molecule has 0 aliphatic heterocycles. The van der Waals surface area contributed by atoms with E-state index in [0.717, 1.165) is 19.5 Å². The van der Waals surface area contributed by atoms with Gasteiger partial charge in [-0.05, 0) is 49.2 Å². The van der Waals surface area contributed by atoms with Gasteiger partial charge in [0.2, 0.25) is 0 Å². The molecule has 1 aromatic carbocycles. The van der Waals surface area contributed by atoms with Gasteiger partial charge in [-0.3, -0.25) is 4.90 Å². The summed E-state index contributed by atoms with van der Waals surface area (Å²) < 4.78 is 0. The number of allylic oxidation sites excluding steroid dienone is 3. The summed E-state index contributed by atoms with van der Waals surface area (Å²) in [5.41, 5.74) is 4.08. The standard InChI is InChI=1S/C22H26N.Ti/c1-4-15-22(23(5-2)6-3,20-13-9-10-14-20)21-16-18-11-7-8-12-19(18)17-21;/h4,7-14,16,20H,5-6,17H2,1-3H3;. The van der Waals surface area contributed by atoms with E-state index in [1.807, 2.05) is 0 Å². The molecule has 1 nitrogen and oxygen atoms in total. The first kappa shape index (κ1) is 19.2. The molecule has 3 rings (SSSR count). The molecule has 123 valence electrons. The minimum Gasteiger partial charge on any atom is -0.290 e. The van der Waals surface area contributed by atoms with Gasteiger partial charge in [0.05, 0.1) is 5.54 Å². The zero-order valence-electron chi connectivity index (χ0n) is 14.9. The second kappa shape index (κ2) is 8.29. The number of likely N-dealkylation sites (N-methyl/N-ethyl adjacent to an activating group) is 1. The second-order valence-corrected chi connectivity index (χ2v) is 6.21. The van der Waals surface area contributed by atoms with E-state index in [1.165, 1.54) is 16.7 Å². The van der Waals surface area contributed by atoms with Crippen molar-refractivity contribution in [3.05, 3.63) is 77.4 Å². The molecule has 0 saturated heterocycles. The van der Waals surface area contributed by atoms with Gasteiger partial charge in [0.15, 0.2) is 0 Å². The third kappa shape index (κ3) is 3.18. The summed E-state index contributed by atoms with van der Waals surface area (Å²) >= 11 is 0. The molecule has 0 amide bonds. The van der Waals surface area contributed by atoms with Gasteiger partial charge in [-0.15, -0.1) is 0 Å². The van der Waals surface area contributed by atoms with Crippen LogP contribution >= 0.6 is 0 Å². The van der Waals surface area contributed by atoms with Crippen LogP contribution in [0.2, 0.25) is 0 Å². The van der Waals surface area contributed by atoms with Crippen LogP contribution in [-0.4, -0.2) is 23.5 Å². The van der Waals surface area contributed by atoms with E-state index in [9.17, 15) is 0 Å². The van der Waals surface area contributed by atoms with Crippen LogP contribution < -0.4 is 0 Å². The molecule has 2 heteroatoms. The third-order valence-corrected chi connectivity index (χ3v) is 5.11. The van der Waals surface area contributed by atoms with Crippen LogP contribution in [0.15, 0.2) is 60.2 Å². The number of hydrogen-bond donors (Lipinski definition) is 0. The third-order valence-electron chi connectivity index (χ3n) is 5.11. The Bertz CT molecular complexity index is 667. The molecule has 0 bridgehead atoms. The van der Waals surface area contributed by atoms with E-state index in [1.54, 1.807) is 0 Å². The molecule has 1 unspecified atom stereocenters. The van der Waals surface area contributed by atoms with Gasteiger partial charge in [0.25, 0.3) is 0 Å². The Labute approximate surface area is 161 Å². The predicted octanol–water partition coefficient (Wildman–Crippen LogP) is 4.83. The summed E-state index contributed by atoms with van der Waals surface area (Å²) in [7, 11) is 0. The first-order valence-corrected chi connectivity index (χ1v) is 8.70. The molecular formula is C22H26NTi. The fourth-order valence-corrected chi connectivity index (χ4v) is 4.09. The molecule has 2 aliphatic carbocycles. The summed E-state index contributed by atoms with van der Waals surface area (Å²) in [5, 5.41) is 0. The maximum atomic E-state index is 3.75. The van der Waals surface area contributed by atoms with Crippen molar-refractivity contribution in [1.82, 2.24) is 4.90 Å². The fraction of sp³-hybridized carbons (Fsp3) is 0.364. The molecule has 1 aromatic rings. The normalized spacial score (nSPS) is 18.8. The molecular weight excluding hydrogens is 326 g/mol. The number of rotatable bonds is 6. The van der Waals surface area contributed by atoms with E-state index in [0.29, 0.717) is 5.92 Å². The van der Waals surface area contributed by atoms with Crippen molar-refractivity contribution < 1.29 is 21.7 Å². The maximum Gasteiger partial charge on any atom is 0.0780 e. The Hall–Kier alpha value is -1.15. The summed E-state index contributed by atoms with van der Waals surface area (Å²) in [6, 6.07) is 8.75. The predicted molar refractivity (Wildman–Crippen MR) is 99.0 cm³/mol. The van der Waals surface area contributed by atoms with Crippen LogP contribution in [0.4, 0.5) is 0 Å². The van der Waals surface area contributed by atoms with E-state index in [2.05, 4.69) is 92.5 Å². The first-order chi connectivity index (χ1) is 11.3. The Morgan fingerprint density at radius 2 is 1.83 bits per heavy atom. The van der Waals surface area contributed by atoms with Gasteiger partial charge in [-0.25, -0.2) is 0 Å². The van der Waals surface area contributed by atoms with Crippen molar-refractivity contribution in [3.8, 4) is 0 Å². The van der Waals surface area contributed by atoms with Gasteiger partial charge >= 0.3 is 0 Å². The van der Waals surface area contributed by atoms with Crippen molar-refractivity contribution in [3.63, 3.8) is 0 Å². The number of benzene rings is 1. The van der Waals surface area contributed by atoms with Crippen LogP contribution in [0.25, 0.3) is 6.08 Å². The number of hydrogen-bond acceptors (Lipinski definition) is 1. The van der Waals surface area contributed by atoms with Gasteiger partial charge in [-0.2, -0.15) is 0 Å². The second-order valence-electron chi connectivity index (χ2n) is 6.21. The summed E-state index contributed by atoms with van der Waals surface area (Å²) in [6.07, 6.45) is 18.2. The molecule has 0 saturated carbocycles. The fourth-order valence-electron chi connectivity index (χ4n) is 4.09. The Morgan fingerprint density at radius 1 is 1.17 bits per heavy atom. The summed E-state index contributed by atoms with van der Waals surface area (Å²) in [4.78, 5) is 2.55. The van der Waals surface area contributed by atoms with Crippen LogP contribution in [0.1, 0.15) is 31.9 Å². The largest absolute Gasteiger partial charge is 0.290 e. The minimum absolute atomic E-state index is 0. The average Bonchev–Trinajstić information content (AvgIpc) is 3.24. The van der Waals surface area contributed by atoms with Crippen molar-refractivity contribution in [1.29, 1.82) is 0 Å². The number of nitrogens with zero attached hydrogens (tertiary/aromatic N) is 1. The van der Waals surface area contributed by atoms with Gasteiger partial charge < -0.3 is 0 Å². The maximum absolute atomic E-state index is 3.75. The molecule has 1 radical (unpaired) electrons. The quantitative estimate of drug-likeness (QED) is 0.663. The smallest absolute Gasteiger partial charge is 0.0780 e. The van der Waals surface area contributed by atoms with Crippen molar-refractivity contribution in [2.75, 3.05) is 13.1 Å². The minimum atomic E-state index is -0.180. The van der Waals surface area contributed by atoms with Gasteiger partial charge in [-0.1, -0.05) is 74.6 Å². The van der Waals surface area contributed by atoms with Crippen molar-refractivity contribution in [2.45, 2.75) is 32.7 Å². The van der Waals surface area contributed by atoms with E-state index >= 15 is 0 Å². The molecule has 0 heterocycles. The van der Waals surface area contributed by atoms with Gasteiger partial charge in [0, 0.05) is 27.6 Å². The van der Waals surface area contributed by atoms with Crippen LogP contribution in [0, 0.1) is 12.0 Å². The molecule has 2 aliphatic rings. The Balaban J connectivity index is 0.00000208. The molecule has 0 spiro atoms. The summed E-state index contributed by atoms with van der Waals surface area (Å²) in [6.45, 7) is 8.62. The van der Waals surface area contributed by atoms with Crippen LogP contribution in [-0.2, 0) is 28.1 Å². The summed E-state index contributed by atoms with van der Waals surface area (Å²) in [5.74, 6) is 0.346. The Kier molecular flexibility index (Phi) is 6.63. The van der Waals surface area contributed by atoms with Crippen molar-refractivity contribution in [2.24, 2.45) is 5.92 Å². The average molecular weight is 352 g/mol. The van der Waals surface area contributed by atoms with E-state index in [-0.39, 0.29) is 27.3 Å². The van der Waals surface area contributed by atoms with Gasteiger partial charge in [0.1, 0.15) is 0 Å². The van der Waals surface area contributed by atoms with Crippen molar-refractivity contribution >= 4 is 6.08 Å². The molecule has 0 N–H and O–H groups in total. The zero-order valence-corrected chi connectivity index (χ0v) is 16.5. The Morgan fingerprint density at radius 3 is 2.42 bits per heavy atom. The molecule has 0 fully saturated rings. The molecule has 0 aromatic heterocycles. The van der Waals surface area contributed by atoms with E-state index < -0.39 is 0 Å².